The summed E-state index contributed by atoms with van der Waals surface area (Å²) < 4.78 is 19.2. The summed E-state index contributed by atoms with van der Waals surface area (Å²) in [6, 6.07) is 10.4. The summed E-state index contributed by atoms with van der Waals surface area (Å²) in [5.41, 5.74) is 3.74. The predicted molar refractivity (Wildman–Crippen MR) is 104 cm³/mol. The van der Waals surface area contributed by atoms with Crippen LogP contribution in [-0.2, 0) is 22.5 Å². The summed E-state index contributed by atoms with van der Waals surface area (Å²) >= 11 is 0. The zero-order chi connectivity index (χ0) is 19.7. The minimum absolute atomic E-state index is 0.128. The van der Waals surface area contributed by atoms with E-state index in [4.69, 9.17) is 4.74 Å². The van der Waals surface area contributed by atoms with Gasteiger partial charge < -0.3 is 15.0 Å². The fraction of sp³-hybridized carbons (Fsp3) is 0.364. The van der Waals surface area contributed by atoms with E-state index >= 15 is 0 Å². The summed E-state index contributed by atoms with van der Waals surface area (Å²) in [5.74, 6) is -0.683. The highest BCUT2D eigenvalue weighted by atomic mass is 19.1. The zero-order valence-electron chi connectivity index (χ0n) is 15.8. The van der Waals surface area contributed by atoms with Gasteiger partial charge in [0.1, 0.15) is 11.9 Å². The van der Waals surface area contributed by atoms with E-state index in [1.807, 2.05) is 18.2 Å². The minimum atomic E-state index is -0.384. The lowest BCUT2D eigenvalue weighted by atomic mass is 9.98. The van der Waals surface area contributed by atoms with Crippen LogP contribution < -0.4 is 5.32 Å². The number of carbonyl (C=O) groups is 2. The van der Waals surface area contributed by atoms with Crippen molar-refractivity contribution >= 4 is 17.5 Å². The van der Waals surface area contributed by atoms with Crippen molar-refractivity contribution in [3.8, 4) is 0 Å². The van der Waals surface area contributed by atoms with Crippen molar-refractivity contribution < 1.29 is 18.7 Å². The maximum Gasteiger partial charge on any atom is 0.254 e. The quantitative estimate of drug-likeness (QED) is 0.885. The first kappa shape index (κ1) is 18.6. The molecule has 1 N–H and O–H groups in total. The van der Waals surface area contributed by atoms with Crippen LogP contribution >= 0.6 is 0 Å². The average Bonchev–Trinajstić information content (AvgIpc) is 3.24. The van der Waals surface area contributed by atoms with Crippen molar-refractivity contribution in [3.05, 3.63) is 64.5 Å². The summed E-state index contributed by atoms with van der Waals surface area (Å²) in [4.78, 5) is 26.8. The second-order valence-electron chi connectivity index (χ2n) is 7.42. The highest BCUT2D eigenvalue weighted by Gasteiger charge is 2.25. The van der Waals surface area contributed by atoms with Gasteiger partial charge in [-0.1, -0.05) is 12.1 Å². The molecule has 0 saturated carbocycles. The van der Waals surface area contributed by atoms with E-state index in [-0.39, 0.29) is 23.7 Å². The van der Waals surface area contributed by atoms with Crippen molar-refractivity contribution in [2.75, 3.05) is 18.5 Å². The lowest BCUT2D eigenvalue weighted by molar-refractivity contribution is -0.124. The summed E-state index contributed by atoms with van der Waals surface area (Å²) in [6.07, 6.45) is 1.99. The first-order chi connectivity index (χ1) is 13.5. The molecule has 0 aromatic heterocycles. The Bertz CT molecular complexity index is 922. The number of aryl methyl sites for hydroxylation is 1. The van der Waals surface area contributed by atoms with Gasteiger partial charge in [0.15, 0.2) is 0 Å². The van der Waals surface area contributed by atoms with Gasteiger partial charge in [0.2, 0.25) is 0 Å². The van der Waals surface area contributed by atoms with Gasteiger partial charge in [-0.25, -0.2) is 4.39 Å². The standard InChI is InChI=1S/C22H23FN2O3/c1-14-4-5-16(12-19(14)23)22(27)25-9-8-15-6-7-18(11-17(15)13-25)24-21(26)20-3-2-10-28-20/h4-7,11-12,20H,2-3,8-10,13H2,1H3,(H,24,26)/t20-/m0/s1. The topological polar surface area (TPSA) is 58.6 Å². The fourth-order valence-electron chi connectivity index (χ4n) is 3.72. The molecule has 28 heavy (non-hydrogen) atoms. The van der Waals surface area contributed by atoms with Gasteiger partial charge in [0.05, 0.1) is 0 Å². The van der Waals surface area contributed by atoms with Crippen LogP contribution in [0.25, 0.3) is 0 Å². The monoisotopic (exact) mass is 382 g/mol. The van der Waals surface area contributed by atoms with E-state index in [1.165, 1.54) is 6.07 Å². The number of nitrogens with zero attached hydrogens (tertiary/aromatic N) is 1. The molecule has 0 aliphatic carbocycles. The minimum Gasteiger partial charge on any atom is -0.368 e. The Morgan fingerprint density at radius 3 is 2.79 bits per heavy atom. The Hall–Kier alpha value is -2.73. The average molecular weight is 382 g/mol. The third-order valence-corrected chi connectivity index (χ3v) is 5.41. The molecule has 2 aliphatic rings. The Kier molecular flexibility index (Phi) is 5.13. The van der Waals surface area contributed by atoms with Crippen molar-refractivity contribution in [1.29, 1.82) is 0 Å². The van der Waals surface area contributed by atoms with Crippen LogP contribution in [0.4, 0.5) is 10.1 Å². The van der Waals surface area contributed by atoms with Gasteiger partial charge in [0.25, 0.3) is 11.8 Å². The second-order valence-corrected chi connectivity index (χ2v) is 7.42. The molecule has 1 fully saturated rings. The van der Waals surface area contributed by atoms with Gasteiger partial charge in [-0.15, -0.1) is 0 Å². The molecule has 2 aliphatic heterocycles. The maximum atomic E-state index is 13.8. The first-order valence-corrected chi connectivity index (χ1v) is 9.61. The molecule has 0 unspecified atom stereocenters. The van der Waals surface area contributed by atoms with Crippen LogP contribution in [0.5, 0.6) is 0 Å². The highest BCUT2D eigenvalue weighted by Crippen LogP contribution is 2.25. The number of amides is 2. The Balaban J connectivity index is 1.48. The van der Waals surface area contributed by atoms with Gasteiger partial charge in [0, 0.05) is 30.9 Å². The number of ether oxygens (including phenoxy) is 1. The smallest absolute Gasteiger partial charge is 0.254 e. The van der Waals surface area contributed by atoms with Gasteiger partial charge in [-0.2, -0.15) is 0 Å². The molecule has 146 valence electrons. The van der Waals surface area contributed by atoms with Crippen LogP contribution in [-0.4, -0.2) is 36.0 Å². The van der Waals surface area contributed by atoms with Crippen LogP contribution in [0.2, 0.25) is 0 Å². The van der Waals surface area contributed by atoms with Crippen molar-refractivity contribution in [1.82, 2.24) is 4.90 Å². The highest BCUT2D eigenvalue weighted by molar-refractivity contribution is 5.95. The zero-order valence-corrected chi connectivity index (χ0v) is 15.8. The van der Waals surface area contributed by atoms with Gasteiger partial charge in [-0.05, 0) is 67.1 Å². The molecule has 2 aromatic rings. The van der Waals surface area contributed by atoms with Crippen LogP contribution in [0, 0.1) is 12.7 Å². The molecule has 1 saturated heterocycles. The van der Waals surface area contributed by atoms with E-state index in [0.29, 0.717) is 36.5 Å². The molecule has 2 amide bonds. The second kappa shape index (κ2) is 7.72. The fourth-order valence-corrected chi connectivity index (χ4v) is 3.72. The lowest BCUT2D eigenvalue weighted by Gasteiger charge is -2.29. The summed E-state index contributed by atoms with van der Waals surface area (Å²) in [7, 11) is 0. The number of fused-ring (bicyclic) bond motifs is 1. The van der Waals surface area contributed by atoms with E-state index in [0.717, 1.165) is 30.4 Å². The Morgan fingerprint density at radius 2 is 2.04 bits per heavy atom. The van der Waals surface area contributed by atoms with Crippen molar-refractivity contribution in [2.24, 2.45) is 0 Å². The van der Waals surface area contributed by atoms with Gasteiger partial charge >= 0.3 is 0 Å². The summed E-state index contributed by atoms with van der Waals surface area (Å²) in [6.45, 7) is 3.32. The SMILES string of the molecule is Cc1ccc(C(=O)N2CCc3ccc(NC(=O)[C@@H]4CCCO4)cc3C2)cc1F. The lowest BCUT2D eigenvalue weighted by Crippen LogP contribution is -2.36. The molecule has 0 radical (unpaired) electrons. The molecule has 2 heterocycles. The molecular formula is C22H23FN2O3. The van der Waals surface area contributed by atoms with Crippen LogP contribution in [0.3, 0.4) is 0 Å². The van der Waals surface area contributed by atoms with E-state index in [9.17, 15) is 14.0 Å². The van der Waals surface area contributed by atoms with Crippen LogP contribution in [0.1, 0.15) is 39.9 Å². The number of halogens is 1. The summed E-state index contributed by atoms with van der Waals surface area (Å²) in [5, 5.41) is 2.91. The van der Waals surface area contributed by atoms with Gasteiger partial charge in [-0.3, -0.25) is 9.59 Å². The van der Waals surface area contributed by atoms with E-state index in [1.54, 1.807) is 24.0 Å². The first-order valence-electron chi connectivity index (χ1n) is 9.61. The Labute approximate surface area is 163 Å². The maximum absolute atomic E-state index is 13.8. The third-order valence-electron chi connectivity index (χ3n) is 5.41. The van der Waals surface area contributed by atoms with E-state index < -0.39 is 0 Å². The number of nitrogens with one attached hydrogen (secondary N) is 1. The number of carbonyl (C=O) groups excluding carboxylic acids is 2. The molecule has 5 nitrogen and oxygen atoms in total. The van der Waals surface area contributed by atoms with E-state index in [2.05, 4.69) is 5.32 Å². The Morgan fingerprint density at radius 1 is 1.18 bits per heavy atom. The molecule has 0 bridgehead atoms. The molecular weight excluding hydrogens is 359 g/mol. The number of hydrogen-bond donors (Lipinski definition) is 1. The molecule has 1 atom stereocenters. The van der Waals surface area contributed by atoms with Crippen molar-refractivity contribution in [3.63, 3.8) is 0 Å². The van der Waals surface area contributed by atoms with Crippen molar-refractivity contribution in [2.45, 2.75) is 38.8 Å². The number of anilines is 1. The molecule has 4 rings (SSSR count). The normalized spacial score (nSPS) is 18.6. The number of benzene rings is 2. The molecule has 6 heteroatoms. The predicted octanol–water partition coefficient (Wildman–Crippen LogP) is 3.45. The largest absolute Gasteiger partial charge is 0.368 e. The number of rotatable bonds is 3. The third kappa shape index (κ3) is 3.78. The molecule has 2 aromatic carbocycles. The molecule has 0 spiro atoms. The van der Waals surface area contributed by atoms with Crippen LogP contribution in [0.15, 0.2) is 36.4 Å². The number of hydrogen-bond acceptors (Lipinski definition) is 3.